The highest BCUT2D eigenvalue weighted by molar-refractivity contribution is 5.73. The van der Waals surface area contributed by atoms with Gasteiger partial charge in [0.1, 0.15) is 0 Å². The highest BCUT2D eigenvalue weighted by atomic mass is 16.2. The van der Waals surface area contributed by atoms with E-state index in [0.29, 0.717) is 13.2 Å². The number of urea groups is 1. The molecule has 2 amide bonds. The van der Waals surface area contributed by atoms with Crippen LogP contribution in [0.2, 0.25) is 0 Å². The Hall–Kier alpha value is -1.71. The molecule has 0 saturated carbocycles. The van der Waals surface area contributed by atoms with Crippen molar-refractivity contribution in [1.82, 2.24) is 4.90 Å². The first kappa shape index (κ1) is 8.87. The molecule has 0 aromatic heterocycles. The minimum Gasteiger partial charge on any atom is -0.352 e. The van der Waals surface area contributed by atoms with Gasteiger partial charge in [0.25, 0.3) is 0 Å². The summed E-state index contributed by atoms with van der Waals surface area (Å²) in [5, 5.41) is 0. The normalized spacial score (nSPS) is 16.0. The van der Waals surface area contributed by atoms with Crippen LogP contribution >= 0.6 is 0 Å². The van der Waals surface area contributed by atoms with Crippen molar-refractivity contribution in [1.29, 1.82) is 0 Å². The molecule has 74 valence electrons. The van der Waals surface area contributed by atoms with Crippen molar-refractivity contribution in [3.8, 4) is 0 Å². The first-order valence-corrected chi connectivity index (χ1v) is 4.62. The van der Waals surface area contributed by atoms with Crippen LogP contribution < -0.4 is 10.6 Å². The number of primary amides is 1. The molecule has 1 heterocycles. The van der Waals surface area contributed by atoms with Crippen LogP contribution in [0.25, 0.3) is 0 Å². The molecule has 4 nitrogen and oxygen atoms in total. The van der Waals surface area contributed by atoms with Gasteiger partial charge in [0.2, 0.25) is 0 Å². The number of carbonyl (C=O) groups excluding carboxylic acids is 1. The third-order valence-electron chi connectivity index (χ3n) is 2.41. The van der Waals surface area contributed by atoms with Crippen LogP contribution in [0.5, 0.6) is 0 Å². The van der Waals surface area contributed by atoms with Crippen LogP contribution in [0.15, 0.2) is 30.3 Å². The van der Waals surface area contributed by atoms with Gasteiger partial charge in [0, 0.05) is 18.8 Å². The van der Waals surface area contributed by atoms with Crippen molar-refractivity contribution in [2.75, 3.05) is 24.7 Å². The van der Waals surface area contributed by atoms with Gasteiger partial charge in [-0.25, -0.2) is 4.79 Å². The zero-order valence-corrected chi connectivity index (χ0v) is 7.89. The van der Waals surface area contributed by atoms with Crippen LogP contribution in [0.4, 0.5) is 10.5 Å². The summed E-state index contributed by atoms with van der Waals surface area (Å²) >= 11 is 0. The average molecular weight is 191 g/mol. The molecule has 0 atom stereocenters. The highest BCUT2D eigenvalue weighted by Crippen LogP contribution is 2.16. The highest BCUT2D eigenvalue weighted by Gasteiger charge is 2.21. The third kappa shape index (κ3) is 1.64. The number of benzene rings is 1. The first-order valence-electron chi connectivity index (χ1n) is 4.62. The Bertz CT molecular complexity index is 325. The second kappa shape index (κ2) is 3.57. The molecule has 0 bridgehead atoms. The lowest BCUT2D eigenvalue weighted by molar-refractivity contribution is 0.219. The minimum atomic E-state index is -0.344. The second-order valence-corrected chi connectivity index (χ2v) is 3.34. The van der Waals surface area contributed by atoms with Crippen LogP contribution in [-0.4, -0.2) is 30.7 Å². The van der Waals surface area contributed by atoms with E-state index >= 15 is 0 Å². The standard InChI is InChI=1S/C10H13N3O/c11-10(14)13-7-6-12(8-13)9-4-2-1-3-5-9/h1-5H,6-8H2,(H2,11,14). The molecular weight excluding hydrogens is 178 g/mol. The van der Waals surface area contributed by atoms with Crippen LogP contribution in [0.3, 0.4) is 0 Å². The first-order chi connectivity index (χ1) is 6.77. The number of hydrogen-bond donors (Lipinski definition) is 1. The molecule has 1 aromatic carbocycles. The van der Waals surface area contributed by atoms with Gasteiger partial charge in [0.15, 0.2) is 0 Å². The van der Waals surface area contributed by atoms with Crippen LogP contribution in [0, 0.1) is 0 Å². The summed E-state index contributed by atoms with van der Waals surface area (Å²) in [6.07, 6.45) is 0. The van der Waals surface area contributed by atoms with E-state index < -0.39 is 0 Å². The van der Waals surface area contributed by atoms with Crippen molar-refractivity contribution in [3.05, 3.63) is 30.3 Å². The molecule has 0 radical (unpaired) electrons. The fourth-order valence-corrected chi connectivity index (χ4v) is 1.62. The van der Waals surface area contributed by atoms with E-state index in [2.05, 4.69) is 4.90 Å². The number of rotatable bonds is 1. The van der Waals surface area contributed by atoms with Crippen molar-refractivity contribution < 1.29 is 4.79 Å². The molecule has 0 unspecified atom stereocenters. The van der Waals surface area contributed by atoms with E-state index in [1.54, 1.807) is 4.90 Å². The lowest BCUT2D eigenvalue weighted by Gasteiger charge is -2.18. The van der Waals surface area contributed by atoms with Crippen molar-refractivity contribution in [2.45, 2.75) is 0 Å². The molecule has 1 saturated heterocycles. The van der Waals surface area contributed by atoms with E-state index in [1.807, 2.05) is 30.3 Å². The van der Waals surface area contributed by atoms with Gasteiger partial charge in [-0.2, -0.15) is 0 Å². The molecule has 1 fully saturated rings. The van der Waals surface area contributed by atoms with Gasteiger partial charge in [-0.1, -0.05) is 18.2 Å². The zero-order chi connectivity index (χ0) is 9.97. The predicted molar refractivity (Wildman–Crippen MR) is 54.9 cm³/mol. The lowest BCUT2D eigenvalue weighted by Crippen LogP contribution is -2.35. The molecule has 2 rings (SSSR count). The number of amides is 2. The predicted octanol–water partition coefficient (Wildman–Crippen LogP) is 0.845. The van der Waals surface area contributed by atoms with Crippen LogP contribution in [-0.2, 0) is 0 Å². The van der Waals surface area contributed by atoms with Crippen molar-refractivity contribution in [3.63, 3.8) is 0 Å². The summed E-state index contributed by atoms with van der Waals surface area (Å²) < 4.78 is 0. The summed E-state index contributed by atoms with van der Waals surface area (Å²) in [7, 11) is 0. The topological polar surface area (TPSA) is 49.6 Å². The Morgan fingerprint density at radius 3 is 2.50 bits per heavy atom. The zero-order valence-electron chi connectivity index (χ0n) is 7.89. The van der Waals surface area contributed by atoms with Crippen LogP contribution in [0.1, 0.15) is 0 Å². The Kier molecular flexibility index (Phi) is 2.26. The Balaban J connectivity index is 2.06. The fraction of sp³-hybridized carbons (Fsp3) is 0.300. The summed E-state index contributed by atoms with van der Waals surface area (Å²) in [5.74, 6) is 0. The molecular formula is C10H13N3O. The quantitative estimate of drug-likeness (QED) is 0.715. The van der Waals surface area contributed by atoms with Crippen molar-refractivity contribution >= 4 is 11.7 Å². The molecule has 2 N–H and O–H groups in total. The number of nitrogens with two attached hydrogens (primary N) is 1. The second-order valence-electron chi connectivity index (χ2n) is 3.34. The minimum absolute atomic E-state index is 0.344. The van der Waals surface area contributed by atoms with Gasteiger partial charge < -0.3 is 15.5 Å². The molecule has 1 aliphatic rings. The van der Waals surface area contributed by atoms with Gasteiger partial charge in [-0.15, -0.1) is 0 Å². The summed E-state index contributed by atoms with van der Waals surface area (Å²) in [6, 6.07) is 9.67. The van der Waals surface area contributed by atoms with Gasteiger partial charge in [0.05, 0.1) is 6.67 Å². The summed E-state index contributed by atoms with van der Waals surface area (Å²) in [6.45, 7) is 2.16. The Labute approximate surface area is 82.9 Å². The van der Waals surface area contributed by atoms with E-state index in [4.69, 9.17) is 5.73 Å². The maximum absolute atomic E-state index is 10.9. The largest absolute Gasteiger partial charge is 0.352 e. The number of nitrogens with zero attached hydrogens (tertiary/aromatic N) is 2. The lowest BCUT2D eigenvalue weighted by atomic mass is 10.3. The van der Waals surface area contributed by atoms with E-state index in [1.165, 1.54) is 0 Å². The Morgan fingerprint density at radius 1 is 1.21 bits per heavy atom. The molecule has 4 heteroatoms. The molecule has 0 aliphatic carbocycles. The fourth-order valence-electron chi connectivity index (χ4n) is 1.62. The summed E-state index contributed by atoms with van der Waals surface area (Å²) in [4.78, 5) is 14.7. The number of carbonyl (C=O) groups is 1. The molecule has 14 heavy (non-hydrogen) atoms. The van der Waals surface area contributed by atoms with E-state index in [9.17, 15) is 4.79 Å². The van der Waals surface area contributed by atoms with E-state index in [0.717, 1.165) is 12.2 Å². The smallest absolute Gasteiger partial charge is 0.316 e. The van der Waals surface area contributed by atoms with Gasteiger partial charge >= 0.3 is 6.03 Å². The van der Waals surface area contributed by atoms with Crippen molar-refractivity contribution in [2.24, 2.45) is 5.73 Å². The molecule has 1 aliphatic heterocycles. The van der Waals surface area contributed by atoms with Gasteiger partial charge in [-0.3, -0.25) is 0 Å². The average Bonchev–Trinajstić information content (AvgIpc) is 2.68. The monoisotopic (exact) mass is 191 g/mol. The maximum atomic E-state index is 10.9. The Morgan fingerprint density at radius 2 is 1.93 bits per heavy atom. The molecule has 1 aromatic rings. The summed E-state index contributed by atoms with van der Waals surface area (Å²) in [5.41, 5.74) is 6.33. The van der Waals surface area contributed by atoms with E-state index in [-0.39, 0.29) is 6.03 Å². The SMILES string of the molecule is NC(=O)N1CCN(c2ccccc2)C1. The van der Waals surface area contributed by atoms with Gasteiger partial charge in [-0.05, 0) is 12.1 Å². The number of hydrogen-bond acceptors (Lipinski definition) is 2. The third-order valence-corrected chi connectivity index (χ3v) is 2.41. The maximum Gasteiger partial charge on any atom is 0.316 e. The number of para-hydroxylation sites is 1. The molecule has 0 spiro atoms. The number of anilines is 1.